The lowest BCUT2D eigenvalue weighted by atomic mass is 10.1. The largest absolute Gasteiger partial charge is 0.453 e. The van der Waals surface area contributed by atoms with Crippen molar-refractivity contribution < 1.29 is 22.8 Å². The topological polar surface area (TPSA) is 133 Å². The van der Waals surface area contributed by atoms with Gasteiger partial charge in [0, 0.05) is 16.7 Å². The van der Waals surface area contributed by atoms with E-state index in [4.69, 9.17) is 11.6 Å². The molecule has 4 rings (SSSR count). The summed E-state index contributed by atoms with van der Waals surface area (Å²) < 4.78 is 42.1. The van der Waals surface area contributed by atoms with Crippen LogP contribution in [0.2, 0.25) is 5.02 Å². The molecule has 0 spiro atoms. The van der Waals surface area contributed by atoms with Crippen LogP contribution in [0.3, 0.4) is 0 Å². The van der Waals surface area contributed by atoms with Crippen LogP contribution in [-0.2, 0) is 12.7 Å². The zero-order chi connectivity index (χ0) is 28.5. The highest BCUT2D eigenvalue weighted by Gasteiger charge is 2.38. The van der Waals surface area contributed by atoms with Crippen LogP contribution >= 0.6 is 27.5 Å². The molecule has 0 aliphatic rings. The van der Waals surface area contributed by atoms with Gasteiger partial charge in [0.2, 0.25) is 0 Å². The van der Waals surface area contributed by atoms with Gasteiger partial charge < -0.3 is 10.6 Å². The number of anilines is 1. The Morgan fingerprint density at radius 2 is 1.92 bits per heavy atom. The van der Waals surface area contributed by atoms with Gasteiger partial charge in [0.15, 0.2) is 5.82 Å². The molecule has 0 saturated heterocycles. The Morgan fingerprint density at radius 1 is 1.18 bits per heavy atom. The number of aromatic nitrogens is 7. The van der Waals surface area contributed by atoms with Gasteiger partial charge in [-0.1, -0.05) is 27.5 Å². The summed E-state index contributed by atoms with van der Waals surface area (Å²) in [6, 6.07) is 7.47. The number of halogens is 5. The molecule has 0 fully saturated rings. The van der Waals surface area contributed by atoms with Crippen LogP contribution in [0.4, 0.5) is 18.9 Å². The van der Waals surface area contributed by atoms with Crippen molar-refractivity contribution in [3.63, 3.8) is 0 Å². The molecule has 0 atom stereocenters. The Labute approximate surface area is 232 Å². The van der Waals surface area contributed by atoms with E-state index in [1.54, 1.807) is 39.0 Å². The standard InChI is InChI=1S/C23H20BrClF3N9O2/c1-11(2)30-20(38)15-8-13(24)7-12(3)18(15)31-21(39)17-9-14(10-36-22(23(26,27)28)32-34-35-36)33-37(17)19-16(25)5-4-6-29-19/h4-9,11H,10H2,1-3H3,(H,30,38)(H,31,39). The summed E-state index contributed by atoms with van der Waals surface area (Å²) in [6.45, 7) is 4.80. The number of pyridine rings is 1. The molecule has 3 aromatic heterocycles. The van der Waals surface area contributed by atoms with E-state index >= 15 is 0 Å². The molecule has 0 aliphatic carbocycles. The lowest BCUT2D eigenvalue weighted by Crippen LogP contribution is -2.31. The Balaban J connectivity index is 1.77. The van der Waals surface area contributed by atoms with Gasteiger partial charge in [-0.2, -0.15) is 18.3 Å². The maximum absolute atomic E-state index is 13.6. The van der Waals surface area contributed by atoms with Crippen molar-refractivity contribution >= 4 is 45.0 Å². The van der Waals surface area contributed by atoms with Gasteiger partial charge in [-0.25, -0.2) is 14.3 Å². The molecular formula is C23H20BrClF3N9O2. The zero-order valence-corrected chi connectivity index (χ0v) is 22.9. The average Bonchev–Trinajstić information content (AvgIpc) is 3.48. The zero-order valence-electron chi connectivity index (χ0n) is 20.6. The Kier molecular flexibility index (Phi) is 8.02. The number of amides is 2. The van der Waals surface area contributed by atoms with E-state index in [1.165, 1.54) is 18.3 Å². The molecule has 16 heteroatoms. The SMILES string of the molecule is Cc1cc(Br)cc(C(=O)NC(C)C)c1NC(=O)c1cc(Cn2nnnc2C(F)(F)F)nn1-c1ncccc1Cl. The van der Waals surface area contributed by atoms with E-state index in [2.05, 4.69) is 52.2 Å². The number of nitrogens with zero attached hydrogens (tertiary/aromatic N) is 7. The highest BCUT2D eigenvalue weighted by Crippen LogP contribution is 2.29. The van der Waals surface area contributed by atoms with Gasteiger partial charge >= 0.3 is 6.18 Å². The van der Waals surface area contributed by atoms with E-state index in [0.29, 0.717) is 14.7 Å². The Bertz CT molecular complexity index is 1550. The summed E-state index contributed by atoms with van der Waals surface area (Å²) in [5, 5.41) is 19.4. The van der Waals surface area contributed by atoms with Crippen molar-refractivity contribution in [3.05, 3.63) is 74.4 Å². The molecule has 0 bridgehead atoms. The molecule has 1 aromatic carbocycles. The summed E-state index contributed by atoms with van der Waals surface area (Å²) in [7, 11) is 0. The summed E-state index contributed by atoms with van der Waals surface area (Å²) >= 11 is 9.66. The smallest absolute Gasteiger partial charge is 0.350 e. The minimum atomic E-state index is -4.80. The number of aryl methyl sites for hydroxylation is 1. The fourth-order valence-corrected chi connectivity index (χ4v) is 4.41. The van der Waals surface area contributed by atoms with Crippen LogP contribution in [0, 0.1) is 6.92 Å². The van der Waals surface area contributed by atoms with Crippen LogP contribution < -0.4 is 10.6 Å². The number of hydrogen-bond donors (Lipinski definition) is 2. The van der Waals surface area contributed by atoms with Gasteiger partial charge in [-0.15, -0.1) is 5.10 Å². The van der Waals surface area contributed by atoms with E-state index in [1.807, 2.05) is 0 Å². The average molecular weight is 627 g/mol. The molecule has 11 nitrogen and oxygen atoms in total. The summed E-state index contributed by atoms with van der Waals surface area (Å²) in [4.78, 5) is 30.6. The molecule has 2 N–H and O–H groups in total. The lowest BCUT2D eigenvalue weighted by Gasteiger charge is -2.16. The minimum absolute atomic E-state index is 0.0185. The molecule has 0 saturated carbocycles. The van der Waals surface area contributed by atoms with Crippen molar-refractivity contribution in [2.45, 2.75) is 39.5 Å². The molecule has 0 radical (unpaired) electrons. The molecular weight excluding hydrogens is 607 g/mol. The fraction of sp³-hybridized carbons (Fsp3) is 0.261. The van der Waals surface area contributed by atoms with Crippen molar-refractivity contribution in [2.24, 2.45) is 0 Å². The first-order valence-corrected chi connectivity index (χ1v) is 12.5. The van der Waals surface area contributed by atoms with E-state index in [-0.39, 0.29) is 39.5 Å². The molecule has 39 heavy (non-hydrogen) atoms. The lowest BCUT2D eigenvalue weighted by molar-refractivity contribution is -0.147. The van der Waals surface area contributed by atoms with E-state index in [0.717, 1.165) is 4.68 Å². The third-order valence-corrected chi connectivity index (χ3v) is 5.99. The number of carbonyl (C=O) groups excluding carboxylic acids is 2. The maximum atomic E-state index is 13.6. The van der Waals surface area contributed by atoms with Crippen molar-refractivity contribution in [2.75, 3.05) is 5.32 Å². The highest BCUT2D eigenvalue weighted by atomic mass is 79.9. The third-order valence-electron chi connectivity index (χ3n) is 5.23. The molecule has 0 unspecified atom stereocenters. The van der Waals surface area contributed by atoms with E-state index in [9.17, 15) is 22.8 Å². The number of nitrogens with one attached hydrogen (secondary N) is 2. The molecule has 4 aromatic rings. The second-order valence-electron chi connectivity index (χ2n) is 8.63. The Hall–Kier alpha value is -3.85. The Morgan fingerprint density at radius 3 is 2.59 bits per heavy atom. The van der Waals surface area contributed by atoms with Gasteiger partial charge in [-0.05, 0) is 67.1 Å². The summed E-state index contributed by atoms with van der Waals surface area (Å²) in [6.07, 6.45) is -3.39. The van der Waals surface area contributed by atoms with Crippen LogP contribution in [-0.4, -0.2) is 52.8 Å². The van der Waals surface area contributed by atoms with Gasteiger partial charge in [0.1, 0.15) is 5.69 Å². The predicted octanol–water partition coefficient (Wildman–Crippen LogP) is 4.44. The first-order chi connectivity index (χ1) is 18.3. The molecule has 3 heterocycles. The van der Waals surface area contributed by atoms with Crippen molar-refractivity contribution in [1.29, 1.82) is 0 Å². The number of alkyl halides is 3. The number of rotatable bonds is 7. The van der Waals surface area contributed by atoms with Crippen LogP contribution in [0.25, 0.3) is 5.82 Å². The van der Waals surface area contributed by atoms with Gasteiger partial charge in [0.25, 0.3) is 17.6 Å². The second-order valence-corrected chi connectivity index (χ2v) is 9.95. The van der Waals surface area contributed by atoms with Crippen LogP contribution in [0.5, 0.6) is 0 Å². The van der Waals surface area contributed by atoms with E-state index < -0.39 is 30.4 Å². The summed E-state index contributed by atoms with van der Waals surface area (Å²) in [5.74, 6) is -2.39. The molecule has 0 aliphatic heterocycles. The van der Waals surface area contributed by atoms with Crippen LogP contribution in [0.1, 0.15) is 51.8 Å². The number of carbonyl (C=O) groups is 2. The van der Waals surface area contributed by atoms with Gasteiger partial charge in [-0.3, -0.25) is 9.59 Å². The number of hydrogen-bond acceptors (Lipinski definition) is 7. The normalized spacial score (nSPS) is 11.6. The number of tetrazole rings is 1. The highest BCUT2D eigenvalue weighted by molar-refractivity contribution is 9.10. The van der Waals surface area contributed by atoms with Crippen molar-refractivity contribution in [1.82, 2.24) is 40.3 Å². The van der Waals surface area contributed by atoms with Crippen LogP contribution in [0.15, 0.2) is 41.0 Å². The first-order valence-electron chi connectivity index (χ1n) is 11.3. The molecule has 2 amide bonds. The maximum Gasteiger partial charge on any atom is 0.453 e. The van der Waals surface area contributed by atoms with Crippen molar-refractivity contribution in [3.8, 4) is 5.82 Å². The quantitative estimate of drug-likeness (QED) is 0.310. The fourth-order valence-electron chi connectivity index (χ4n) is 3.64. The predicted molar refractivity (Wildman–Crippen MR) is 138 cm³/mol. The first kappa shape index (κ1) is 28.2. The number of benzene rings is 1. The summed E-state index contributed by atoms with van der Waals surface area (Å²) in [5.41, 5.74) is 0.934. The third kappa shape index (κ3) is 6.25. The monoisotopic (exact) mass is 625 g/mol. The van der Waals surface area contributed by atoms with Gasteiger partial charge in [0.05, 0.1) is 28.5 Å². The second kappa shape index (κ2) is 11.1. The molecule has 204 valence electrons. The minimum Gasteiger partial charge on any atom is -0.350 e.